The van der Waals surface area contributed by atoms with Crippen LogP contribution in [-0.4, -0.2) is 11.7 Å². The van der Waals surface area contributed by atoms with Gasteiger partial charge in [-0.05, 0) is 31.0 Å². The standard InChI is InChI=1S/C15H22O2/c1-4-5-6-7-10-17-15-11-13(12(2)3)8-9-14(15)16/h8-9,11,16H,2,4-7,10H2,1,3H3. The third-order valence-electron chi connectivity index (χ3n) is 2.71. The van der Waals surface area contributed by atoms with Gasteiger partial charge in [0.05, 0.1) is 6.61 Å². The maximum absolute atomic E-state index is 9.66. The van der Waals surface area contributed by atoms with Crippen molar-refractivity contribution in [2.75, 3.05) is 6.61 Å². The first-order valence-corrected chi connectivity index (χ1v) is 6.27. The Labute approximate surface area is 104 Å². The van der Waals surface area contributed by atoms with Gasteiger partial charge in [-0.1, -0.05) is 44.4 Å². The van der Waals surface area contributed by atoms with Gasteiger partial charge in [0.25, 0.3) is 0 Å². The fraction of sp³-hybridized carbons (Fsp3) is 0.467. The van der Waals surface area contributed by atoms with Crippen molar-refractivity contribution in [3.05, 3.63) is 30.3 Å². The molecule has 94 valence electrons. The van der Waals surface area contributed by atoms with Crippen molar-refractivity contribution in [3.8, 4) is 11.5 Å². The molecule has 0 bridgehead atoms. The molecule has 1 rings (SSSR count). The van der Waals surface area contributed by atoms with E-state index >= 15 is 0 Å². The van der Waals surface area contributed by atoms with E-state index in [4.69, 9.17) is 4.74 Å². The van der Waals surface area contributed by atoms with Gasteiger partial charge in [0.1, 0.15) is 0 Å². The molecule has 0 radical (unpaired) electrons. The number of allylic oxidation sites excluding steroid dienone is 1. The van der Waals surface area contributed by atoms with E-state index in [9.17, 15) is 5.11 Å². The summed E-state index contributed by atoms with van der Waals surface area (Å²) in [5.74, 6) is 0.757. The molecule has 0 amide bonds. The third-order valence-corrected chi connectivity index (χ3v) is 2.71. The van der Waals surface area contributed by atoms with Crippen LogP contribution in [0.2, 0.25) is 0 Å². The highest BCUT2D eigenvalue weighted by Crippen LogP contribution is 2.29. The predicted octanol–water partition coefficient (Wildman–Crippen LogP) is 4.38. The average molecular weight is 234 g/mol. The molecule has 0 aliphatic heterocycles. The van der Waals surface area contributed by atoms with Gasteiger partial charge < -0.3 is 9.84 Å². The molecular weight excluding hydrogens is 212 g/mol. The highest BCUT2D eigenvalue weighted by Gasteiger charge is 2.04. The van der Waals surface area contributed by atoms with Gasteiger partial charge >= 0.3 is 0 Å². The number of ether oxygens (including phenoxy) is 1. The van der Waals surface area contributed by atoms with Crippen molar-refractivity contribution in [1.29, 1.82) is 0 Å². The van der Waals surface area contributed by atoms with E-state index in [1.165, 1.54) is 19.3 Å². The van der Waals surface area contributed by atoms with Crippen LogP contribution < -0.4 is 4.74 Å². The first kappa shape index (κ1) is 13.6. The van der Waals surface area contributed by atoms with Crippen molar-refractivity contribution in [1.82, 2.24) is 0 Å². The van der Waals surface area contributed by atoms with Crippen LogP contribution in [-0.2, 0) is 0 Å². The Morgan fingerprint density at radius 3 is 2.71 bits per heavy atom. The number of benzene rings is 1. The predicted molar refractivity (Wildman–Crippen MR) is 72.5 cm³/mol. The Hall–Kier alpha value is -1.44. The Kier molecular flexibility index (Phi) is 5.61. The number of hydrogen-bond donors (Lipinski definition) is 1. The van der Waals surface area contributed by atoms with Crippen molar-refractivity contribution in [3.63, 3.8) is 0 Å². The van der Waals surface area contributed by atoms with Gasteiger partial charge in [0.15, 0.2) is 11.5 Å². The van der Waals surface area contributed by atoms with Crippen LogP contribution in [0.5, 0.6) is 11.5 Å². The van der Waals surface area contributed by atoms with Crippen LogP contribution >= 0.6 is 0 Å². The first-order chi connectivity index (χ1) is 8.15. The average Bonchev–Trinajstić information content (AvgIpc) is 2.30. The van der Waals surface area contributed by atoms with Crippen LogP contribution in [0.15, 0.2) is 24.8 Å². The first-order valence-electron chi connectivity index (χ1n) is 6.27. The van der Waals surface area contributed by atoms with Crippen LogP contribution in [0.25, 0.3) is 5.57 Å². The van der Waals surface area contributed by atoms with Gasteiger partial charge in [-0.15, -0.1) is 0 Å². The van der Waals surface area contributed by atoms with E-state index in [2.05, 4.69) is 13.5 Å². The molecule has 0 saturated carbocycles. The monoisotopic (exact) mass is 234 g/mol. The number of rotatable bonds is 7. The molecule has 0 unspecified atom stereocenters. The van der Waals surface area contributed by atoms with Crippen molar-refractivity contribution >= 4 is 5.57 Å². The SMILES string of the molecule is C=C(C)c1ccc(O)c(OCCCCCC)c1. The number of hydrogen-bond acceptors (Lipinski definition) is 2. The minimum atomic E-state index is 0.200. The molecule has 0 heterocycles. The fourth-order valence-electron chi connectivity index (χ4n) is 1.61. The second-order valence-corrected chi connectivity index (χ2v) is 4.37. The summed E-state index contributed by atoms with van der Waals surface area (Å²) in [7, 11) is 0. The summed E-state index contributed by atoms with van der Waals surface area (Å²) in [4.78, 5) is 0. The zero-order chi connectivity index (χ0) is 12.7. The van der Waals surface area contributed by atoms with Crippen LogP contribution in [0.1, 0.15) is 45.1 Å². The van der Waals surface area contributed by atoms with Gasteiger partial charge in [0.2, 0.25) is 0 Å². The molecule has 0 atom stereocenters. The van der Waals surface area contributed by atoms with E-state index in [0.717, 1.165) is 17.6 Å². The van der Waals surface area contributed by atoms with Crippen LogP contribution in [0.4, 0.5) is 0 Å². The van der Waals surface area contributed by atoms with Gasteiger partial charge in [-0.25, -0.2) is 0 Å². The smallest absolute Gasteiger partial charge is 0.161 e. The van der Waals surface area contributed by atoms with E-state index in [-0.39, 0.29) is 5.75 Å². The summed E-state index contributed by atoms with van der Waals surface area (Å²) in [6.07, 6.45) is 4.67. The van der Waals surface area contributed by atoms with E-state index in [0.29, 0.717) is 12.4 Å². The maximum Gasteiger partial charge on any atom is 0.161 e. The number of phenols is 1. The molecule has 0 aliphatic rings. The molecule has 0 saturated heterocycles. The lowest BCUT2D eigenvalue weighted by atomic mass is 10.1. The second-order valence-electron chi connectivity index (χ2n) is 4.37. The molecule has 2 heteroatoms. The summed E-state index contributed by atoms with van der Waals surface area (Å²) >= 11 is 0. The lowest BCUT2D eigenvalue weighted by molar-refractivity contribution is 0.289. The maximum atomic E-state index is 9.66. The largest absolute Gasteiger partial charge is 0.504 e. The van der Waals surface area contributed by atoms with Crippen LogP contribution in [0.3, 0.4) is 0 Å². The second kappa shape index (κ2) is 7.00. The quantitative estimate of drug-likeness (QED) is 0.709. The van der Waals surface area contributed by atoms with Crippen molar-refractivity contribution < 1.29 is 9.84 Å². The molecule has 1 aromatic rings. The molecule has 0 aromatic heterocycles. The van der Waals surface area contributed by atoms with Crippen LogP contribution in [0, 0.1) is 0 Å². The number of phenolic OH excluding ortho intramolecular Hbond substituents is 1. The highest BCUT2D eigenvalue weighted by atomic mass is 16.5. The molecule has 1 N–H and O–H groups in total. The topological polar surface area (TPSA) is 29.5 Å². The highest BCUT2D eigenvalue weighted by molar-refractivity contribution is 5.64. The summed E-state index contributed by atoms with van der Waals surface area (Å²) in [5, 5.41) is 9.66. The van der Waals surface area contributed by atoms with Gasteiger partial charge in [0, 0.05) is 0 Å². The summed E-state index contributed by atoms with van der Waals surface area (Å²) in [6.45, 7) is 8.67. The summed E-state index contributed by atoms with van der Waals surface area (Å²) in [5.41, 5.74) is 1.98. The summed E-state index contributed by atoms with van der Waals surface area (Å²) < 4.78 is 5.58. The van der Waals surface area contributed by atoms with E-state index in [1.807, 2.05) is 19.1 Å². The lowest BCUT2D eigenvalue weighted by Gasteiger charge is -2.09. The van der Waals surface area contributed by atoms with Crippen molar-refractivity contribution in [2.24, 2.45) is 0 Å². The fourth-order valence-corrected chi connectivity index (χ4v) is 1.61. The lowest BCUT2D eigenvalue weighted by Crippen LogP contribution is -1.98. The zero-order valence-electron chi connectivity index (χ0n) is 10.8. The zero-order valence-corrected chi connectivity index (χ0v) is 10.8. The van der Waals surface area contributed by atoms with Gasteiger partial charge in [-0.3, -0.25) is 0 Å². The van der Waals surface area contributed by atoms with Gasteiger partial charge in [-0.2, -0.15) is 0 Å². The molecule has 17 heavy (non-hydrogen) atoms. The number of aromatic hydroxyl groups is 1. The molecule has 0 aliphatic carbocycles. The molecule has 0 fully saturated rings. The Morgan fingerprint density at radius 2 is 2.06 bits per heavy atom. The molecular formula is C15H22O2. The molecule has 1 aromatic carbocycles. The normalized spacial score (nSPS) is 10.2. The minimum absolute atomic E-state index is 0.200. The Balaban J connectivity index is 2.51. The summed E-state index contributed by atoms with van der Waals surface area (Å²) in [6, 6.07) is 5.35. The van der Waals surface area contributed by atoms with E-state index < -0.39 is 0 Å². The number of unbranched alkanes of at least 4 members (excludes halogenated alkanes) is 3. The molecule has 2 nitrogen and oxygen atoms in total. The Morgan fingerprint density at radius 1 is 1.29 bits per heavy atom. The Bertz CT molecular complexity index is 369. The van der Waals surface area contributed by atoms with E-state index in [1.54, 1.807) is 6.07 Å². The minimum Gasteiger partial charge on any atom is -0.504 e. The van der Waals surface area contributed by atoms with Crippen molar-refractivity contribution in [2.45, 2.75) is 39.5 Å². The molecule has 0 spiro atoms. The third kappa shape index (κ3) is 4.51.